The van der Waals surface area contributed by atoms with Gasteiger partial charge in [0, 0.05) is 37.2 Å². The summed E-state index contributed by atoms with van der Waals surface area (Å²) in [5.41, 5.74) is 5.10. The maximum Gasteiger partial charge on any atom is 0.322 e. The van der Waals surface area contributed by atoms with Gasteiger partial charge in [0.1, 0.15) is 5.75 Å². The number of hydrogen-bond acceptors (Lipinski definition) is 4. The van der Waals surface area contributed by atoms with E-state index in [0.717, 1.165) is 27.7 Å². The quantitative estimate of drug-likeness (QED) is 0.354. The average molecular weight is 464 g/mol. The molecule has 0 aliphatic rings. The lowest BCUT2D eigenvalue weighted by molar-refractivity contribution is 0.153. The highest BCUT2D eigenvalue weighted by molar-refractivity contribution is 7.13. The third-order valence-corrected chi connectivity index (χ3v) is 6.64. The lowest BCUT2D eigenvalue weighted by atomic mass is 10.1. The second kappa shape index (κ2) is 10.1. The number of methoxy groups -OCH3 is 2. The first-order chi connectivity index (χ1) is 16.0. The smallest absolute Gasteiger partial charge is 0.322 e. The molecule has 2 aromatic carbocycles. The summed E-state index contributed by atoms with van der Waals surface area (Å²) in [5, 5.41) is 6.27. The monoisotopic (exact) mass is 463 g/mol. The van der Waals surface area contributed by atoms with Gasteiger partial charge in [0.25, 0.3) is 0 Å². The Morgan fingerprint density at radius 1 is 1.12 bits per heavy atom. The SMILES string of the molecule is COCCN(Cc1c(-c2cccs2)n(C)c2ccccc12)C(=O)Nc1cc(C)ccc1OC. The Bertz CT molecular complexity index is 1250. The van der Waals surface area contributed by atoms with E-state index in [4.69, 9.17) is 9.47 Å². The van der Waals surface area contributed by atoms with Crippen molar-refractivity contribution in [3.05, 3.63) is 71.1 Å². The number of carbonyl (C=O) groups is 1. The summed E-state index contributed by atoms with van der Waals surface area (Å²) in [6, 6.07) is 18.1. The van der Waals surface area contributed by atoms with Gasteiger partial charge in [-0.3, -0.25) is 0 Å². The van der Waals surface area contributed by atoms with Crippen molar-refractivity contribution < 1.29 is 14.3 Å². The van der Waals surface area contributed by atoms with Crippen molar-refractivity contribution >= 4 is 34.0 Å². The van der Waals surface area contributed by atoms with Crippen molar-refractivity contribution in [1.29, 1.82) is 0 Å². The molecule has 0 saturated heterocycles. The number of fused-ring (bicyclic) bond motifs is 1. The van der Waals surface area contributed by atoms with E-state index < -0.39 is 0 Å². The minimum absolute atomic E-state index is 0.194. The highest BCUT2D eigenvalue weighted by atomic mass is 32.1. The molecule has 0 unspecified atom stereocenters. The van der Waals surface area contributed by atoms with Gasteiger partial charge >= 0.3 is 6.03 Å². The molecule has 0 aliphatic carbocycles. The van der Waals surface area contributed by atoms with Crippen molar-refractivity contribution in [1.82, 2.24) is 9.47 Å². The number of benzene rings is 2. The molecule has 1 N–H and O–H groups in total. The third-order valence-electron chi connectivity index (χ3n) is 5.76. The van der Waals surface area contributed by atoms with Gasteiger partial charge in [-0.15, -0.1) is 11.3 Å². The molecule has 2 amide bonds. The zero-order chi connectivity index (χ0) is 23.4. The van der Waals surface area contributed by atoms with Crippen LogP contribution in [-0.4, -0.2) is 42.9 Å². The number of rotatable bonds is 8. The van der Waals surface area contributed by atoms with Crippen LogP contribution in [0.3, 0.4) is 0 Å². The molecule has 4 aromatic rings. The number of urea groups is 1. The maximum atomic E-state index is 13.4. The van der Waals surface area contributed by atoms with Crippen LogP contribution in [0.4, 0.5) is 10.5 Å². The van der Waals surface area contributed by atoms with E-state index >= 15 is 0 Å². The van der Waals surface area contributed by atoms with Gasteiger partial charge in [-0.1, -0.05) is 30.3 Å². The largest absolute Gasteiger partial charge is 0.495 e. The van der Waals surface area contributed by atoms with Crippen LogP contribution < -0.4 is 10.1 Å². The molecule has 172 valence electrons. The summed E-state index contributed by atoms with van der Waals surface area (Å²) in [7, 11) is 5.33. The first-order valence-corrected chi connectivity index (χ1v) is 11.7. The molecule has 6 nitrogen and oxygen atoms in total. The second-order valence-electron chi connectivity index (χ2n) is 7.93. The fraction of sp³-hybridized carbons (Fsp3) is 0.269. The Morgan fingerprint density at radius 2 is 1.94 bits per heavy atom. The number of hydrogen-bond donors (Lipinski definition) is 1. The molecule has 0 aliphatic heterocycles. The number of ether oxygens (including phenoxy) is 2. The minimum Gasteiger partial charge on any atom is -0.495 e. The van der Waals surface area contributed by atoms with Crippen molar-refractivity contribution in [2.75, 3.05) is 32.7 Å². The number of para-hydroxylation sites is 1. The van der Waals surface area contributed by atoms with Crippen molar-refractivity contribution in [3.63, 3.8) is 0 Å². The molecule has 0 spiro atoms. The standard InChI is InChI=1S/C26H29N3O3S/c1-18-11-12-23(32-4)21(16-18)27-26(30)29(13-14-31-3)17-20-19-8-5-6-9-22(19)28(2)25(20)24-10-7-15-33-24/h5-12,15-16H,13-14,17H2,1-4H3,(H,27,30). The van der Waals surface area contributed by atoms with Crippen LogP contribution in [0.15, 0.2) is 60.0 Å². The van der Waals surface area contributed by atoms with Gasteiger partial charge in [0.15, 0.2) is 0 Å². The van der Waals surface area contributed by atoms with E-state index in [0.29, 0.717) is 31.1 Å². The summed E-state index contributed by atoms with van der Waals surface area (Å²) in [4.78, 5) is 16.4. The van der Waals surface area contributed by atoms with E-state index in [2.05, 4.69) is 46.6 Å². The number of nitrogens with one attached hydrogen (secondary N) is 1. The zero-order valence-corrected chi connectivity index (χ0v) is 20.2. The first-order valence-electron chi connectivity index (χ1n) is 10.8. The molecule has 0 saturated carbocycles. The van der Waals surface area contributed by atoms with E-state index in [-0.39, 0.29) is 6.03 Å². The highest BCUT2D eigenvalue weighted by Crippen LogP contribution is 2.36. The van der Waals surface area contributed by atoms with E-state index in [9.17, 15) is 4.79 Å². The Hall–Kier alpha value is -3.29. The number of carbonyl (C=O) groups excluding carboxylic acids is 1. The van der Waals surface area contributed by atoms with Crippen LogP contribution in [0, 0.1) is 6.92 Å². The number of thiophene rings is 1. The number of amides is 2. The van der Waals surface area contributed by atoms with E-state index in [1.807, 2.05) is 37.3 Å². The summed E-state index contributed by atoms with van der Waals surface area (Å²) in [6.07, 6.45) is 0. The third kappa shape index (κ3) is 4.74. The maximum absolute atomic E-state index is 13.4. The average Bonchev–Trinajstić information content (AvgIpc) is 3.43. The molecular formula is C26H29N3O3S. The molecule has 0 radical (unpaired) electrons. The lowest BCUT2D eigenvalue weighted by Gasteiger charge is -2.24. The Balaban J connectivity index is 1.72. The normalized spacial score (nSPS) is 11.0. The number of aromatic nitrogens is 1. The van der Waals surface area contributed by atoms with E-state index in [1.165, 1.54) is 4.88 Å². The van der Waals surface area contributed by atoms with Gasteiger partial charge in [0.05, 0.1) is 36.5 Å². The highest BCUT2D eigenvalue weighted by Gasteiger charge is 2.23. The Labute approximate surface area is 198 Å². The van der Waals surface area contributed by atoms with Gasteiger partial charge in [-0.2, -0.15) is 0 Å². The van der Waals surface area contributed by atoms with Gasteiger partial charge in [-0.05, 0) is 42.1 Å². The van der Waals surface area contributed by atoms with Crippen LogP contribution in [-0.2, 0) is 18.3 Å². The summed E-state index contributed by atoms with van der Waals surface area (Å²) in [5.74, 6) is 0.630. The lowest BCUT2D eigenvalue weighted by Crippen LogP contribution is -2.37. The predicted molar refractivity (Wildman–Crippen MR) is 135 cm³/mol. The van der Waals surface area contributed by atoms with Crippen LogP contribution in [0.25, 0.3) is 21.5 Å². The fourth-order valence-electron chi connectivity index (χ4n) is 4.12. The van der Waals surface area contributed by atoms with Crippen LogP contribution in [0.5, 0.6) is 5.75 Å². The molecule has 2 heterocycles. The predicted octanol–water partition coefficient (Wildman–Crippen LogP) is 5.90. The van der Waals surface area contributed by atoms with Crippen molar-refractivity contribution in [2.45, 2.75) is 13.5 Å². The van der Waals surface area contributed by atoms with Gasteiger partial charge < -0.3 is 24.3 Å². The first kappa shape index (κ1) is 22.9. The van der Waals surface area contributed by atoms with E-state index in [1.54, 1.807) is 30.5 Å². The van der Waals surface area contributed by atoms with Crippen molar-refractivity contribution in [3.8, 4) is 16.3 Å². The summed E-state index contributed by atoms with van der Waals surface area (Å²) >= 11 is 1.70. The molecule has 7 heteroatoms. The molecule has 0 fully saturated rings. The number of nitrogens with zero attached hydrogens (tertiary/aromatic N) is 2. The van der Waals surface area contributed by atoms with Crippen molar-refractivity contribution in [2.24, 2.45) is 7.05 Å². The number of aryl methyl sites for hydroxylation is 2. The topological polar surface area (TPSA) is 55.7 Å². The zero-order valence-electron chi connectivity index (χ0n) is 19.4. The molecular weight excluding hydrogens is 434 g/mol. The Morgan fingerprint density at radius 3 is 2.67 bits per heavy atom. The molecule has 33 heavy (non-hydrogen) atoms. The molecule has 0 atom stereocenters. The summed E-state index contributed by atoms with van der Waals surface area (Å²) in [6.45, 7) is 3.35. The molecule has 0 bridgehead atoms. The second-order valence-corrected chi connectivity index (χ2v) is 8.88. The fourth-order valence-corrected chi connectivity index (χ4v) is 4.95. The molecule has 2 aromatic heterocycles. The minimum atomic E-state index is -0.194. The van der Waals surface area contributed by atoms with Crippen LogP contribution in [0.1, 0.15) is 11.1 Å². The van der Waals surface area contributed by atoms with Crippen LogP contribution in [0.2, 0.25) is 0 Å². The van der Waals surface area contributed by atoms with Gasteiger partial charge in [-0.25, -0.2) is 4.79 Å². The summed E-state index contributed by atoms with van der Waals surface area (Å²) < 4.78 is 13.0. The van der Waals surface area contributed by atoms with Crippen LogP contribution >= 0.6 is 11.3 Å². The number of anilines is 1. The molecule has 4 rings (SSSR count). The Kier molecular flexibility index (Phi) is 7.01. The van der Waals surface area contributed by atoms with Gasteiger partial charge in [0.2, 0.25) is 0 Å².